The fourth-order valence-electron chi connectivity index (χ4n) is 4.21. The molecule has 2 aliphatic rings. The first kappa shape index (κ1) is 37.1. The van der Waals surface area contributed by atoms with Crippen molar-refractivity contribution in [2.75, 3.05) is 31.8 Å². The molecule has 6 atom stereocenters. The number of aliphatic hydroxyl groups excluding tert-OH is 1. The molecule has 3 heterocycles. The maximum atomic E-state index is 13.8. The van der Waals surface area contributed by atoms with Crippen molar-refractivity contribution in [3.8, 4) is 0 Å². The number of aliphatic hydroxyl groups is 2. The largest absolute Gasteiger partial charge is 0.475 e. The maximum absolute atomic E-state index is 13.8. The molecule has 1 saturated heterocycles. The van der Waals surface area contributed by atoms with Gasteiger partial charge < -0.3 is 25.6 Å². The number of fused-ring (bicyclic) bond motifs is 1. The number of aliphatic imine (C=N–C) groups is 1. The molecule has 44 heavy (non-hydrogen) atoms. The Morgan fingerprint density at radius 3 is 2.16 bits per heavy atom. The number of hydrogen-bond acceptors (Lipinski definition) is 15. The summed E-state index contributed by atoms with van der Waals surface area (Å²) in [7, 11) is -2.55. The second-order valence-corrected chi connectivity index (χ2v) is 16.8. The number of carbonyl (C=O) groups excluding carboxylic acids is 2. The summed E-state index contributed by atoms with van der Waals surface area (Å²) in [4.78, 5) is 35.0. The smallest absolute Gasteiger partial charge is 0.387 e. The average Bonchev–Trinajstić information content (AvgIpc) is 3.43. The first-order chi connectivity index (χ1) is 20.2. The Bertz CT molecular complexity index is 1230. The molecule has 2 aliphatic heterocycles. The van der Waals surface area contributed by atoms with Crippen molar-refractivity contribution in [3.05, 3.63) is 12.0 Å². The summed E-state index contributed by atoms with van der Waals surface area (Å²) >= 11 is 2.08. The molecule has 0 aromatic carbocycles. The summed E-state index contributed by atoms with van der Waals surface area (Å²) in [5.41, 5.74) is 3.72. The van der Waals surface area contributed by atoms with Gasteiger partial charge in [0.05, 0.1) is 32.0 Å². The minimum atomic E-state index is -4.30. The lowest BCUT2D eigenvalue weighted by molar-refractivity contribution is -0.118. The molecular weight excluding hydrogens is 633 g/mol. The summed E-state index contributed by atoms with van der Waals surface area (Å²) in [6.45, 7) is 13.4. The number of nitrogens with zero attached hydrogens (tertiary/aromatic N) is 4. The van der Waals surface area contributed by atoms with Gasteiger partial charge in [0.2, 0.25) is 0 Å². The van der Waals surface area contributed by atoms with Gasteiger partial charge in [0, 0.05) is 29.4 Å². The van der Waals surface area contributed by atoms with Gasteiger partial charge in [0.1, 0.15) is 29.7 Å². The van der Waals surface area contributed by atoms with Crippen LogP contribution in [0.1, 0.15) is 73.5 Å². The molecule has 0 spiro atoms. The molecule has 1 aromatic rings. The van der Waals surface area contributed by atoms with Crippen molar-refractivity contribution >= 4 is 53.7 Å². The van der Waals surface area contributed by atoms with Crippen LogP contribution in [-0.4, -0.2) is 96.9 Å². The lowest BCUT2D eigenvalue weighted by Crippen LogP contribution is -2.46. The fraction of sp³-hybridized carbons (Fsp3) is 0.778. The van der Waals surface area contributed by atoms with Crippen LogP contribution in [0.15, 0.2) is 11.3 Å². The number of thioether (sulfide) groups is 2. The van der Waals surface area contributed by atoms with Gasteiger partial charge in [-0.3, -0.25) is 27.7 Å². The summed E-state index contributed by atoms with van der Waals surface area (Å²) in [6, 6.07) is 0. The molecule has 0 bridgehead atoms. The van der Waals surface area contributed by atoms with E-state index in [0.717, 1.165) is 23.5 Å². The van der Waals surface area contributed by atoms with Crippen molar-refractivity contribution in [2.45, 2.75) is 91.7 Å². The van der Waals surface area contributed by atoms with Crippen molar-refractivity contribution in [2.24, 2.45) is 21.6 Å². The number of ether oxygens (including phenoxy) is 1. The number of aromatic nitrogens is 2. The zero-order valence-electron chi connectivity index (χ0n) is 26.8. The highest BCUT2D eigenvalue weighted by atomic mass is 32.2. The molecule has 17 heteroatoms. The number of rotatable bonds is 12. The molecule has 0 radical (unpaired) electrons. The van der Waals surface area contributed by atoms with E-state index in [4.69, 9.17) is 24.0 Å². The van der Waals surface area contributed by atoms with Gasteiger partial charge in [-0.1, -0.05) is 65.1 Å². The number of phosphoric acid groups is 1. The standard InChI is InChI=1S/C27H46N5O9PS2/c1-16(18-19(33)27(8,36)22(40-18)32-15-29-17-20(28)31(9)14-30-21(17)32)41-42(37,38-10-12-43-23(34)25(2,3)4)39-11-13-44-24(35)26(5,6)7/h14-16,18-20,22,33,36H,10-13,28H2,1-9H3. The zero-order chi connectivity index (χ0) is 33.3. The number of imidazole rings is 1. The second-order valence-electron chi connectivity index (χ2n) is 13.0. The SMILES string of the molecule is CC(OP(=O)(OCCSC(=O)C(C)(C)C)OCCSC(=O)C(C)(C)C)C1OC(n2cnc3c2N=CN(C)C3N)C(C)(O)C1O. The Kier molecular flexibility index (Phi) is 12.0. The number of hydrogen-bond donors (Lipinski definition) is 3. The summed E-state index contributed by atoms with van der Waals surface area (Å²) in [5.74, 6) is 0.757. The van der Waals surface area contributed by atoms with Crippen LogP contribution in [0.2, 0.25) is 0 Å². The molecule has 6 unspecified atom stereocenters. The lowest BCUT2D eigenvalue weighted by atomic mass is 9.94. The van der Waals surface area contributed by atoms with Gasteiger partial charge in [0.15, 0.2) is 22.3 Å². The fourth-order valence-corrected chi connectivity index (χ4v) is 7.38. The van der Waals surface area contributed by atoms with Crippen LogP contribution in [0.5, 0.6) is 0 Å². The zero-order valence-corrected chi connectivity index (χ0v) is 29.3. The minimum absolute atomic E-state index is 0.0578. The summed E-state index contributed by atoms with van der Waals surface area (Å²) < 4.78 is 38.3. The quantitative estimate of drug-likeness (QED) is 0.215. The van der Waals surface area contributed by atoms with E-state index in [0.29, 0.717) is 11.5 Å². The Morgan fingerprint density at radius 1 is 1.14 bits per heavy atom. The minimum Gasteiger partial charge on any atom is -0.387 e. The van der Waals surface area contributed by atoms with Crippen molar-refractivity contribution < 1.29 is 42.7 Å². The van der Waals surface area contributed by atoms with Crippen molar-refractivity contribution in [3.63, 3.8) is 0 Å². The Morgan fingerprint density at radius 2 is 1.66 bits per heavy atom. The van der Waals surface area contributed by atoms with E-state index in [9.17, 15) is 24.4 Å². The number of carbonyl (C=O) groups is 2. The third kappa shape index (κ3) is 8.72. The van der Waals surface area contributed by atoms with Crippen LogP contribution >= 0.6 is 31.3 Å². The van der Waals surface area contributed by atoms with Crippen molar-refractivity contribution in [1.29, 1.82) is 0 Å². The number of phosphoric ester groups is 1. The second kappa shape index (κ2) is 14.2. The molecule has 1 fully saturated rings. The molecule has 0 saturated carbocycles. The highest BCUT2D eigenvalue weighted by Gasteiger charge is 2.56. The van der Waals surface area contributed by atoms with Gasteiger partial charge in [-0.2, -0.15) is 0 Å². The average molecular weight is 680 g/mol. The van der Waals surface area contributed by atoms with E-state index in [1.807, 2.05) is 0 Å². The highest BCUT2D eigenvalue weighted by molar-refractivity contribution is 8.14. The van der Waals surface area contributed by atoms with Gasteiger partial charge in [-0.15, -0.1) is 0 Å². The third-order valence-electron chi connectivity index (χ3n) is 6.94. The van der Waals surface area contributed by atoms with Crippen LogP contribution in [0.4, 0.5) is 5.82 Å². The third-order valence-corrected chi connectivity index (χ3v) is 11.0. The molecule has 14 nitrogen and oxygen atoms in total. The summed E-state index contributed by atoms with van der Waals surface area (Å²) in [5, 5.41) is 22.4. The Hall–Kier alpha value is -1.33. The van der Waals surface area contributed by atoms with E-state index in [1.165, 1.54) is 31.1 Å². The van der Waals surface area contributed by atoms with Crippen LogP contribution in [0.25, 0.3) is 0 Å². The predicted molar refractivity (Wildman–Crippen MR) is 170 cm³/mol. The Balaban J connectivity index is 1.73. The van der Waals surface area contributed by atoms with E-state index in [-0.39, 0.29) is 35.0 Å². The molecule has 0 aliphatic carbocycles. The van der Waals surface area contributed by atoms with E-state index in [2.05, 4.69) is 9.98 Å². The van der Waals surface area contributed by atoms with Crippen molar-refractivity contribution in [1.82, 2.24) is 14.5 Å². The highest BCUT2D eigenvalue weighted by Crippen LogP contribution is 2.53. The van der Waals surface area contributed by atoms with E-state index in [1.54, 1.807) is 53.5 Å². The Labute approximate surface area is 267 Å². The normalized spacial score (nSPS) is 26.6. The van der Waals surface area contributed by atoms with E-state index >= 15 is 0 Å². The van der Waals surface area contributed by atoms with Crippen LogP contribution < -0.4 is 5.73 Å². The molecule has 250 valence electrons. The first-order valence-electron chi connectivity index (χ1n) is 14.3. The molecule has 1 aromatic heterocycles. The van der Waals surface area contributed by atoms with Gasteiger partial charge >= 0.3 is 7.82 Å². The maximum Gasteiger partial charge on any atom is 0.475 e. The molecule has 0 amide bonds. The molecule has 3 rings (SSSR count). The topological polar surface area (TPSA) is 188 Å². The van der Waals surface area contributed by atoms with Crippen LogP contribution in [0.3, 0.4) is 0 Å². The first-order valence-corrected chi connectivity index (χ1v) is 17.7. The number of nitrogens with two attached hydrogens (primary N) is 1. The van der Waals surface area contributed by atoms with Crippen LogP contribution in [-0.2, 0) is 32.5 Å². The monoisotopic (exact) mass is 679 g/mol. The summed E-state index contributed by atoms with van der Waals surface area (Å²) in [6.07, 6.45) is -2.52. The van der Waals surface area contributed by atoms with Gasteiger partial charge in [-0.25, -0.2) is 14.5 Å². The van der Waals surface area contributed by atoms with Gasteiger partial charge in [0.25, 0.3) is 0 Å². The lowest BCUT2D eigenvalue weighted by Gasteiger charge is -2.29. The molecular formula is C27H46N5O9PS2. The predicted octanol–water partition coefficient (Wildman–Crippen LogP) is 3.61. The molecule has 4 N–H and O–H groups in total. The van der Waals surface area contributed by atoms with Crippen LogP contribution in [0, 0.1) is 10.8 Å². The van der Waals surface area contributed by atoms with E-state index < -0.39 is 55.0 Å². The van der Waals surface area contributed by atoms with Gasteiger partial charge in [-0.05, 0) is 13.8 Å².